The summed E-state index contributed by atoms with van der Waals surface area (Å²) in [6.07, 6.45) is 2.58. The predicted molar refractivity (Wildman–Crippen MR) is 105 cm³/mol. The highest BCUT2D eigenvalue weighted by molar-refractivity contribution is 6.31. The average Bonchev–Trinajstić information content (AvgIpc) is 3.36. The first-order chi connectivity index (χ1) is 13.6. The number of hydrogen-bond acceptors (Lipinski definition) is 6. The third kappa shape index (κ3) is 3.85. The molecule has 2 aromatic heterocycles. The summed E-state index contributed by atoms with van der Waals surface area (Å²) >= 11 is 5.81. The standard InChI is InChI=1S/C18H18ClFN6O2/c19-13-7-11(1-2-14(13)20)23-16(26-27)12-3-5-21-17-15(12)24-18(25-17)22-8-10-4-6-28-9-10/h1-3,5,7,10,27H,4,6,8-9H2,(H,23,26)(H2,21,22,24,25). The van der Waals surface area contributed by atoms with E-state index >= 15 is 0 Å². The third-order valence-corrected chi connectivity index (χ3v) is 4.80. The maximum absolute atomic E-state index is 13.4. The quantitative estimate of drug-likeness (QED) is 0.224. The van der Waals surface area contributed by atoms with Gasteiger partial charge in [0.1, 0.15) is 5.82 Å². The Balaban J connectivity index is 1.58. The Morgan fingerprint density at radius 2 is 2.32 bits per heavy atom. The van der Waals surface area contributed by atoms with Crippen LogP contribution in [0.25, 0.3) is 11.2 Å². The van der Waals surface area contributed by atoms with E-state index in [0.717, 1.165) is 26.2 Å². The molecule has 3 aromatic rings. The van der Waals surface area contributed by atoms with E-state index < -0.39 is 5.82 Å². The number of halogens is 2. The van der Waals surface area contributed by atoms with E-state index in [4.69, 9.17) is 16.3 Å². The van der Waals surface area contributed by atoms with Gasteiger partial charge in [-0.15, -0.1) is 0 Å². The average molecular weight is 405 g/mol. The van der Waals surface area contributed by atoms with E-state index in [2.05, 4.69) is 30.7 Å². The maximum Gasteiger partial charge on any atom is 0.202 e. The highest BCUT2D eigenvalue weighted by Crippen LogP contribution is 2.22. The zero-order chi connectivity index (χ0) is 19.5. The van der Waals surface area contributed by atoms with Crippen LogP contribution in [0.15, 0.2) is 35.6 Å². The number of pyridine rings is 1. The Bertz CT molecular complexity index is 1020. The summed E-state index contributed by atoms with van der Waals surface area (Å²) in [4.78, 5) is 11.8. The van der Waals surface area contributed by atoms with Gasteiger partial charge < -0.3 is 25.6 Å². The molecule has 146 valence electrons. The number of imidazole rings is 1. The minimum absolute atomic E-state index is 0.0360. The van der Waals surface area contributed by atoms with Crippen molar-refractivity contribution in [2.75, 3.05) is 30.4 Å². The maximum atomic E-state index is 13.4. The van der Waals surface area contributed by atoms with Crippen molar-refractivity contribution in [1.29, 1.82) is 0 Å². The number of H-pyrrole nitrogens is 1. The third-order valence-electron chi connectivity index (χ3n) is 4.51. The molecular weight excluding hydrogens is 387 g/mol. The van der Waals surface area contributed by atoms with Crippen LogP contribution < -0.4 is 10.6 Å². The van der Waals surface area contributed by atoms with Crippen molar-refractivity contribution in [3.8, 4) is 0 Å². The van der Waals surface area contributed by atoms with E-state index in [1.165, 1.54) is 18.2 Å². The van der Waals surface area contributed by atoms with Crippen molar-refractivity contribution in [3.05, 3.63) is 46.9 Å². The van der Waals surface area contributed by atoms with Crippen LogP contribution in [0.1, 0.15) is 12.0 Å². The number of nitrogens with one attached hydrogen (secondary N) is 3. The molecule has 4 rings (SSSR count). The van der Waals surface area contributed by atoms with Gasteiger partial charge in [-0.25, -0.2) is 9.37 Å². The molecule has 1 aromatic carbocycles. The minimum atomic E-state index is -0.530. The monoisotopic (exact) mass is 404 g/mol. The molecule has 0 spiro atoms. The first-order valence-corrected chi connectivity index (χ1v) is 9.12. The lowest BCUT2D eigenvalue weighted by Gasteiger charge is -2.09. The highest BCUT2D eigenvalue weighted by Gasteiger charge is 2.17. The Hall–Kier alpha value is -2.91. The van der Waals surface area contributed by atoms with Crippen LogP contribution in [-0.4, -0.2) is 45.8 Å². The second-order valence-electron chi connectivity index (χ2n) is 6.46. The molecule has 0 bridgehead atoms. The minimum Gasteiger partial charge on any atom is -0.409 e. The van der Waals surface area contributed by atoms with Gasteiger partial charge in [-0.3, -0.25) is 0 Å². The normalized spacial score (nSPS) is 17.2. The van der Waals surface area contributed by atoms with E-state index in [1.807, 2.05) is 0 Å². The number of rotatable bonds is 5. The molecule has 28 heavy (non-hydrogen) atoms. The van der Waals surface area contributed by atoms with Gasteiger partial charge >= 0.3 is 0 Å². The zero-order valence-corrected chi connectivity index (χ0v) is 15.5. The fraction of sp³-hybridized carbons (Fsp3) is 0.278. The van der Waals surface area contributed by atoms with Crippen LogP contribution in [-0.2, 0) is 4.74 Å². The Morgan fingerprint density at radius 3 is 3.07 bits per heavy atom. The number of oxime groups is 1. The smallest absolute Gasteiger partial charge is 0.202 e. The summed E-state index contributed by atoms with van der Waals surface area (Å²) in [7, 11) is 0. The Kier molecular flexibility index (Phi) is 5.27. The van der Waals surface area contributed by atoms with Crippen LogP contribution >= 0.6 is 11.6 Å². The van der Waals surface area contributed by atoms with Gasteiger partial charge in [0.05, 0.1) is 17.1 Å². The van der Waals surface area contributed by atoms with Gasteiger partial charge in [0.15, 0.2) is 11.5 Å². The summed E-state index contributed by atoms with van der Waals surface area (Å²) in [6, 6.07) is 5.81. The molecule has 1 aliphatic rings. The number of aromatic nitrogens is 3. The molecule has 0 radical (unpaired) electrons. The fourth-order valence-corrected chi connectivity index (χ4v) is 3.21. The second-order valence-corrected chi connectivity index (χ2v) is 6.86. The molecule has 0 saturated carbocycles. The fourth-order valence-electron chi connectivity index (χ4n) is 3.03. The van der Waals surface area contributed by atoms with Gasteiger partial charge in [0, 0.05) is 36.5 Å². The lowest BCUT2D eigenvalue weighted by Crippen LogP contribution is -2.15. The first-order valence-electron chi connectivity index (χ1n) is 8.75. The van der Waals surface area contributed by atoms with Crippen molar-refractivity contribution in [2.45, 2.75) is 6.42 Å². The number of aromatic amines is 1. The second kappa shape index (κ2) is 7.99. The first kappa shape index (κ1) is 18.5. The largest absolute Gasteiger partial charge is 0.409 e. The molecule has 0 amide bonds. The topological polar surface area (TPSA) is 107 Å². The molecule has 1 unspecified atom stereocenters. The van der Waals surface area contributed by atoms with Crippen LogP contribution in [0.3, 0.4) is 0 Å². The van der Waals surface area contributed by atoms with Crippen LogP contribution in [0.2, 0.25) is 5.02 Å². The number of amidine groups is 1. The van der Waals surface area contributed by atoms with Crippen LogP contribution in [0.4, 0.5) is 16.0 Å². The molecule has 1 aliphatic heterocycles. The van der Waals surface area contributed by atoms with E-state index in [0.29, 0.717) is 34.3 Å². The number of ether oxygens (including phenoxy) is 1. The molecule has 0 aliphatic carbocycles. The molecule has 8 nitrogen and oxygen atoms in total. The van der Waals surface area contributed by atoms with Crippen molar-refractivity contribution in [2.24, 2.45) is 11.1 Å². The van der Waals surface area contributed by atoms with Gasteiger partial charge in [0.25, 0.3) is 0 Å². The van der Waals surface area contributed by atoms with Gasteiger partial charge in [-0.1, -0.05) is 16.8 Å². The molecule has 10 heteroatoms. The number of benzene rings is 1. The van der Waals surface area contributed by atoms with Crippen LogP contribution in [0.5, 0.6) is 0 Å². The SMILES string of the molecule is O/N=C(/Nc1ccc(F)c(Cl)c1)c1ccnc2nc(NCC3CCOC3)[nH]c12. The molecule has 1 fully saturated rings. The van der Waals surface area contributed by atoms with Crippen molar-refractivity contribution >= 4 is 40.2 Å². The summed E-state index contributed by atoms with van der Waals surface area (Å²) in [5.74, 6) is 0.636. The number of anilines is 2. The lowest BCUT2D eigenvalue weighted by atomic mass is 10.1. The van der Waals surface area contributed by atoms with E-state index in [-0.39, 0.29) is 10.9 Å². The molecular formula is C18H18ClFN6O2. The van der Waals surface area contributed by atoms with Crippen molar-refractivity contribution in [3.63, 3.8) is 0 Å². The summed E-state index contributed by atoms with van der Waals surface area (Å²) in [5.41, 5.74) is 2.10. The van der Waals surface area contributed by atoms with E-state index in [9.17, 15) is 9.60 Å². The zero-order valence-electron chi connectivity index (χ0n) is 14.7. The molecule has 3 heterocycles. The Morgan fingerprint density at radius 1 is 1.43 bits per heavy atom. The van der Waals surface area contributed by atoms with Crippen molar-refractivity contribution in [1.82, 2.24) is 15.0 Å². The van der Waals surface area contributed by atoms with Crippen LogP contribution in [0, 0.1) is 11.7 Å². The number of hydrogen-bond donors (Lipinski definition) is 4. The number of fused-ring (bicyclic) bond motifs is 1. The van der Waals surface area contributed by atoms with Gasteiger partial charge in [-0.05, 0) is 30.7 Å². The summed E-state index contributed by atoms with van der Waals surface area (Å²) < 4.78 is 18.7. The molecule has 1 atom stereocenters. The summed E-state index contributed by atoms with van der Waals surface area (Å²) in [5, 5.41) is 19.0. The van der Waals surface area contributed by atoms with Gasteiger partial charge in [0.2, 0.25) is 5.95 Å². The Labute approximate surface area is 164 Å². The van der Waals surface area contributed by atoms with Gasteiger partial charge in [-0.2, -0.15) is 4.98 Å². The lowest BCUT2D eigenvalue weighted by molar-refractivity contribution is 0.187. The highest BCUT2D eigenvalue weighted by atomic mass is 35.5. The summed E-state index contributed by atoms with van der Waals surface area (Å²) in [6.45, 7) is 2.26. The molecule has 1 saturated heterocycles. The van der Waals surface area contributed by atoms with Crippen molar-refractivity contribution < 1.29 is 14.3 Å². The molecule has 4 N–H and O–H groups in total. The van der Waals surface area contributed by atoms with E-state index in [1.54, 1.807) is 12.3 Å². The predicted octanol–water partition coefficient (Wildman–Crippen LogP) is 3.45. The number of nitrogens with zero attached hydrogens (tertiary/aromatic N) is 3.